The van der Waals surface area contributed by atoms with E-state index in [0.717, 1.165) is 44.2 Å². The number of unbranched alkanes of at least 4 members (excludes halogenated alkanes) is 1. The molecule has 3 N–H and O–H groups in total. The zero-order valence-electron chi connectivity index (χ0n) is 11.1. The number of hydrogen-bond donors (Lipinski definition) is 2. The van der Waals surface area contributed by atoms with E-state index in [2.05, 4.69) is 6.92 Å². The predicted octanol–water partition coefficient (Wildman–Crippen LogP) is 3.08. The monoisotopic (exact) mass is 249 g/mol. The van der Waals surface area contributed by atoms with Crippen LogP contribution in [-0.4, -0.2) is 17.6 Å². The maximum atomic E-state index is 11.1. The summed E-state index contributed by atoms with van der Waals surface area (Å²) in [6.07, 6.45) is 5.24. The van der Waals surface area contributed by atoms with Crippen molar-refractivity contribution in [1.29, 1.82) is 0 Å². The van der Waals surface area contributed by atoms with Crippen molar-refractivity contribution >= 4 is 5.97 Å². The van der Waals surface area contributed by atoms with Gasteiger partial charge in [0.2, 0.25) is 0 Å². The van der Waals surface area contributed by atoms with Gasteiger partial charge in [-0.2, -0.15) is 0 Å². The largest absolute Gasteiger partial charge is 0.478 e. The molecule has 0 aliphatic carbocycles. The number of carbonyl (C=O) groups is 1. The van der Waals surface area contributed by atoms with E-state index in [9.17, 15) is 4.79 Å². The van der Waals surface area contributed by atoms with E-state index in [-0.39, 0.29) is 0 Å². The molecule has 0 spiro atoms. The SMILES string of the molecule is CCC(CCCCN)Cc1ccccc1C(=O)O. The van der Waals surface area contributed by atoms with Crippen LogP contribution in [0.15, 0.2) is 24.3 Å². The van der Waals surface area contributed by atoms with Gasteiger partial charge in [0, 0.05) is 0 Å². The van der Waals surface area contributed by atoms with E-state index in [1.807, 2.05) is 12.1 Å². The van der Waals surface area contributed by atoms with Gasteiger partial charge in [-0.05, 0) is 36.9 Å². The van der Waals surface area contributed by atoms with E-state index in [1.165, 1.54) is 0 Å². The summed E-state index contributed by atoms with van der Waals surface area (Å²) in [6, 6.07) is 7.30. The Hall–Kier alpha value is -1.35. The summed E-state index contributed by atoms with van der Waals surface area (Å²) in [7, 11) is 0. The fourth-order valence-corrected chi connectivity index (χ4v) is 2.25. The third-order valence-electron chi connectivity index (χ3n) is 3.40. The number of nitrogens with two attached hydrogens (primary N) is 1. The van der Waals surface area contributed by atoms with Crippen molar-refractivity contribution < 1.29 is 9.90 Å². The molecule has 100 valence electrons. The fraction of sp³-hybridized carbons (Fsp3) is 0.533. The molecule has 18 heavy (non-hydrogen) atoms. The van der Waals surface area contributed by atoms with Crippen LogP contribution in [0.4, 0.5) is 0 Å². The maximum absolute atomic E-state index is 11.1. The van der Waals surface area contributed by atoms with Crippen LogP contribution in [0.5, 0.6) is 0 Å². The molecule has 1 rings (SSSR count). The Morgan fingerprint density at radius 3 is 2.67 bits per heavy atom. The van der Waals surface area contributed by atoms with Crippen molar-refractivity contribution in [2.75, 3.05) is 6.54 Å². The van der Waals surface area contributed by atoms with E-state index >= 15 is 0 Å². The summed E-state index contributed by atoms with van der Waals surface area (Å²) >= 11 is 0. The smallest absolute Gasteiger partial charge is 0.335 e. The standard InChI is InChI=1S/C15H23NO2/c1-2-12(7-5-6-10-16)11-13-8-3-4-9-14(13)15(17)18/h3-4,8-9,12H,2,5-7,10-11,16H2,1H3,(H,17,18). The van der Waals surface area contributed by atoms with Gasteiger partial charge in [0.1, 0.15) is 0 Å². The van der Waals surface area contributed by atoms with Gasteiger partial charge in [0.15, 0.2) is 0 Å². The van der Waals surface area contributed by atoms with Crippen LogP contribution in [0.2, 0.25) is 0 Å². The van der Waals surface area contributed by atoms with E-state index < -0.39 is 5.97 Å². The van der Waals surface area contributed by atoms with Crippen LogP contribution < -0.4 is 5.73 Å². The van der Waals surface area contributed by atoms with Crippen LogP contribution >= 0.6 is 0 Å². The Kier molecular flexibility index (Phi) is 6.44. The van der Waals surface area contributed by atoms with Gasteiger partial charge < -0.3 is 10.8 Å². The van der Waals surface area contributed by atoms with Crippen molar-refractivity contribution in [3.8, 4) is 0 Å². The molecule has 0 amide bonds. The molecule has 0 aromatic heterocycles. The zero-order valence-corrected chi connectivity index (χ0v) is 11.1. The zero-order chi connectivity index (χ0) is 13.4. The molecular formula is C15H23NO2. The average molecular weight is 249 g/mol. The second kappa shape index (κ2) is 7.88. The highest BCUT2D eigenvalue weighted by atomic mass is 16.4. The number of rotatable bonds is 8. The van der Waals surface area contributed by atoms with E-state index in [4.69, 9.17) is 10.8 Å². The first-order valence-electron chi connectivity index (χ1n) is 6.70. The minimum atomic E-state index is -0.831. The lowest BCUT2D eigenvalue weighted by Crippen LogP contribution is -2.09. The average Bonchev–Trinajstić information content (AvgIpc) is 2.38. The van der Waals surface area contributed by atoms with Crippen LogP contribution in [0.3, 0.4) is 0 Å². The van der Waals surface area contributed by atoms with Crippen molar-refractivity contribution in [1.82, 2.24) is 0 Å². The Balaban J connectivity index is 2.66. The van der Waals surface area contributed by atoms with Gasteiger partial charge in [0.05, 0.1) is 5.56 Å². The molecule has 1 aromatic carbocycles. The van der Waals surface area contributed by atoms with Gasteiger partial charge in [-0.15, -0.1) is 0 Å². The third-order valence-corrected chi connectivity index (χ3v) is 3.40. The Morgan fingerprint density at radius 2 is 2.06 bits per heavy atom. The molecular weight excluding hydrogens is 226 g/mol. The number of carboxylic acids is 1. The molecule has 1 aromatic rings. The van der Waals surface area contributed by atoms with Crippen LogP contribution in [0.1, 0.15) is 48.5 Å². The summed E-state index contributed by atoms with van der Waals surface area (Å²) in [4.78, 5) is 11.1. The molecule has 0 aliphatic heterocycles. The van der Waals surface area contributed by atoms with Crippen molar-refractivity contribution in [2.45, 2.75) is 39.0 Å². The number of carboxylic acid groups (broad SMARTS) is 1. The minimum absolute atomic E-state index is 0.440. The van der Waals surface area contributed by atoms with Crippen molar-refractivity contribution in [3.05, 3.63) is 35.4 Å². The van der Waals surface area contributed by atoms with E-state index in [1.54, 1.807) is 12.1 Å². The molecule has 0 saturated heterocycles. The molecule has 0 fully saturated rings. The van der Waals surface area contributed by atoms with Gasteiger partial charge >= 0.3 is 5.97 Å². The summed E-state index contributed by atoms with van der Waals surface area (Å²) in [6.45, 7) is 2.90. The van der Waals surface area contributed by atoms with Crippen molar-refractivity contribution in [2.24, 2.45) is 11.7 Å². The highest BCUT2D eigenvalue weighted by Crippen LogP contribution is 2.20. The lowest BCUT2D eigenvalue weighted by Gasteiger charge is -2.16. The third kappa shape index (κ3) is 4.49. The van der Waals surface area contributed by atoms with Gasteiger partial charge in [0.25, 0.3) is 0 Å². The molecule has 0 bridgehead atoms. The summed E-state index contributed by atoms with van der Waals surface area (Å²) in [5.74, 6) is -0.278. The predicted molar refractivity (Wildman–Crippen MR) is 73.8 cm³/mol. The Labute approximate surface area is 109 Å². The molecule has 1 atom stereocenters. The van der Waals surface area contributed by atoms with Gasteiger partial charge in [-0.25, -0.2) is 4.79 Å². The summed E-state index contributed by atoms with van der Waals surface area (Å²) in [5.41, 5.74) is 6.88. The Morgan fingerprint density at radius 1 is 1.33 bits per heavy atom. The normalized spacial score (nSPS) is 12.3. The molecule has 3 heteroatoms. The fourth-order valence-electron chi connectivity index (χ4n) is 2.25. The van der Waals surface area contributed by atoms with Crippen molar-refractivity contribution in [3.63, 3.8) is 0 Å². The lowest BCUT2D eigenvalue weighted by molar-refractivity contribution is 0.0695. The second-order valence-electron chi connectivity index (χ2n) is 4.73. The molecule has 0 heterocycles. The molecule has 0 saturated carbocycles. The molecule has 1 unspecified atom stereocenters. The summed E-state index contributed by atoms with van der Waals surface area (Å²) in [5, 5.41) is 9.15. The van der Waals surface area contributed by atoms with Crippen LogP contribution in [-0.2, 0) is 6.42 Å². The minimum Gasteiger partial charge on any atom is -0.478 e. The van der Waals surface area contributed by atoms with Gasteiger partial charge in [-0.3, -0.25) is 0 Å². The Bertz CT molecular complexity index is 377. The highest BCUT2D eigenvalue weighted by Gasteiger charge is 2.13. The number of hydrogen-bond acceptors (Lipinski definition) is 2. The first-order valence-corrected chi connectivity index (χ1v) is 6.70. The quantitative estimate of drug-likeness (QED) is 0.696. The highest BCUT2D eigenvalue weighted by molar-refractivity contribution is 5.89. The molecule has 0 aliphatic rings. The number of benzene rings is 1. The second-order valence-corrected chi connectivity index (χ2v) is 4.73. The first-order chi connectivity index (χ1) is 8.69. The molecule has 0 radical (unpaired) electrons. The van der Waals surface area contributed by atoms with Gasteiger partial charge in [-0.1, -0.05) is 44.4 Å². The van der Waals surface area contributed by atoms with Crippen LogP contribution in [0, 0.1) is 5.92 Å². The molecule has 3 nitrogen and oxygen atoms in total. The maximum Gasteiger partial charge on any atom is 0.335 e. The number of aromatic carboxylic acids is 1. The first kappa shape index (κ1) is 14.7. The summed E-state index contributed by atoms with van der Waals surface area (Å²) < 4.78 is 0. The topological polar surface area (TPSA) is 63.3 Å². The lowest BCUT2D eigenvalue weighted by atomic mass is 9.90. The van der Waals surface area contributed by atoms with Crippen LogP contribution in [0.25, 0.3) is 0 Å². The van der Waals surface area contributed by atoms with E-state index in [0.29, 0.717) is 11.5 Å².